The van der Waals surface area contributed by atoms with Gasteiger partial charge in [-0.05, 0) is 129 Å². The highest BCUT2D eigenvalue weighted by Gasteiger charge is 2.17. The summed E-state index contributed by atoms with van der Waals surface area (Å²) >= 11 is 0. The van der Waals surface area contributed by atoms with Crippen molar-refractivity contribution in [2.75, 3.05) is 9.80 Å². The third-order valence-corrected chi connectivity index (χ3v) is 11.5. The molecule has 0 radical (unpaired) electrons. The summed E-state index contributed by atoms with van der Waals surface area (Å²) in [6, 6.07) is 81.0. The van der Waals surface area contributed by atoms with Crippen molar-refractivity contribution in [1.82, 2.24) is 0 Å². The Morgan fingerprint density at radius 3 is 1.20 bits per heavy atom. The molecule has 0 heterocycles. The zero-order valence-electron chi connectivity index (χ0n) is 33.4. The molecule has 0 unspecified atom stereocenters. The van der Waals surface area contributed by atoms with Crippen LogP contribution >= 0.6 is 0 Å². The summed E-state index contributed by atoms with van der Waals surface area (Å²) in [6.07, 6.45) is 9.08. The highest BCUT2D eigenvalue weighted by Crippen LogP contribution is 2.41. The van der Waals surface area contributed by atoms with E-state index in [1.807, 2.05) is 0 Å². The summed E-state index contributed by atoms with van der Waals surface area (Å²) in [5, 5.41) is 2.44. The van der Waals surface area contributed by atoms with Crippen LogP contribution in [0.2, 0.25) is 0 Å². The van der Waals surface area contributed by atoms with E-state index in [2.05, 4.69) is 252 Å². The van der Waals surface area contributed by atoms with Crippen molar-refractivity contribution in [3.63, 3.8) is 0 Å². The molecule has 0 amide bonds. The molecule has 0 aromatic heterocycles. The Morgan fingerprint density at radius 1 is 0.283 bits per heavy atom. The van der Waals surface area contributed by atoms with Crippen molar-refractivity contribution in [3.8, 4) is 33.4 Å². The molecule has 0 fully saturated rings. The average Bonchev–Trinajstić information content (AvgIpc) is 3.34. The molecular weight excluding hydrogens is 725 g/mol. The van der Waals surface area contributed by atoms with Gasteiger partial charge in [0.25, 0.3) is 0 Å². The molecule has 9 aromatic rings. The van der Waals surface area contributed by atoms with Crippen LogP contribution in [0.3, 0.4) is 0 Å². The lowest BCUT2D eigenvalue weighted by Gasteiger charge is -2.27. The van der Waals surface area contributed by atoms with Crippen molar-refractivity contribution in [2.45, 2.75) is 12.8 Å². The highest BCUT2D eigenvalue weighted by molar-refractivity contribution is 5.99. The van der Waals surface area contributed by atoms with E-state index in [0.717, 1.165) is 47.0 Å². The summed E-state index contributed by atoms with van der Waals surface area (Å²) in [5.74, 6) is 0. The minimum atomic E-state index is 1.10. The van der Waals surface area contributed by atoms with E-state index >= 15 is 0 Å². The number of para-hydroxylation sites is 1. The Kier molecular flexibility index (Phi) is 10.2. The third kappa shape index (κ3) is 7.55. The van der Waals surface area contributed by atoms with Gasteiger partial charge < -0.3 is 9.80 Å². The molecule has 0 saturated carbocycles. The lowest BCUT2D eigenvalue weighted by Crippen LogP contribution is -2.10. The van der Waals surface area contributed by atoms with Crippen LogP contribution in [0.4, 0.5) is 34.1 Å². The van der Waals surface area contributed by atoms with Crippen LogP contribution in [0.1, 0.15) is 18.4 Å². The van der Waals surface area contributed by atoms with E-state index in [1.54, 1.807) is 0 Å². The second-order valence-electron chi connectivity index (χ2n) is 15.3. The molecule has 9 aromatic carbocycles. The fourth-order valence-electron chi connectivity index (χ4n) is 8.38. The lowest BCUT2D eigenvalue weighted by atomic mass is 9.97. The van der Waals surface area contributed by atoms with Gasteiger partial charge in [-0.15, -0.1) is 0 Å². The third-order valence-electron chi connectivity index (χ3n) is 11.5. The Hall–Kier alpha value is -7.68. The molecule has 1 aliphatic rings. The van der Waals surface area contributed by atoms with Crippen LogP contribution in [0.5, 0.6) is 0 Å². The zero-order valence-corrected chi connectivity index (χ0v) is 33.4. The van der Waals surface area contributed by atoms with Crippen molar-refractivity contribution < 1.29 is 0 Å². The van der Waals surface area contributed by atoms with E-state index in [1.165, 1.54) is 55.3 Å². The first-order chi connectivity index (χ1) is 29.7. The molecule has 1 aliphatic carbocycles. The number of nitrogens with zero attached hydrogens (tertiary/aromatic N) is 2. The Morgan fingerprint density at radius 2 is 0.683 bits per heavy atom. The summed E-state index contributed by atoms with van der Waals surface area (Å²) < 4.78 is 0. The van der Waals surface area contributed by atoms with Crippen molar-refractivity contribution in [1.29, 1.82) is 0 Å². The maximum absolute atomic E-state index is 2.35. The van der Waals surface area contributed by atoms with Gasteiger partial charge in [0, 0.05) is 33.8 Å². The standard InChI is InChI=1S/C58H44N2/c1-4-13-43(14-5-1)45-23-25-46(26-24-45)48-29-37-54(38-30-48)59(53-35-27-47(28-36-53)44-15-6-2-7-16-44)55-39-31-49(32-40-55)50-33-41-56(42-34-50)60(52-19-8-3-9-20-52)58-22-12-18-51-17-10-11-21-57(51)58/h2-4,6-42H,1,5H2. The molecule has 2 nitrogen and oxygen atoms in total. The van der Waals surface area contributed by atoms with Gasteiger partial charge in [0.15, 0.2) is 0 Å². The predicted molar refractivity (Wildman–Crippen MR) is 256 cm³/mol. The van der Waals surface area contributed by atoms with E-state index in [9.17, 15) is 0 Å². The van der Waals surface area contributed by atoms with Crippen LogP contribution in [0, 0.1) is 0 Å². The summed E-state index contributed by atoms with van der Waals surface area (Å²) in [4.78, 5) is 4.70. The second-order valence-corrected chi connectivity index (χ2v) is 15.3. The van der Waals surface area contributed by atoms with Gasteiger partial charge in [-0.25, -0.2) is 0 Å². The summed E-state index contributed by atoms with van der Waals surface area (Å²) in [7, 11) is 0. The largest absolute Gasteiger partial charge is 0.311 e. The van der Waals surface area contributed by atoms with Crippen LogP contribution in [0.15, 0.2) is 243 Å². The zero-order chi connectivity index (χ0) is 40.1. The fourth-order valence-corrected chi connectivity index (χ4v) is 8.38. The first-order valence-corrected chi connectivity index (χ1v) is 20.8. The minimum absolute atomic E-state index is 1.10. The first kappa shape index (κ1) is 36.6. The van der Waals surface area contributed by atoms with Gasteiger partial charge >= 0.3 is 0 Å². The first-order valence-electron chi connectivity index (χ1n) is 20.8. The monoisotopic (exact) mass is 768 g/mol. The van der Waals surface area contributed by atoms with Crippen LogP contribution < -0.4 is 9.80 Å². The van der Waals surface area contributed by atoms with E-state index in [4.69, 9.17) is 0 Å². The Labute approximate surface area is 353 Å². The maximum atomic E-state index is 2.35. The van der Waals surface area contributed by atoms with E-state index in [0.29, 0.717) is 0 Å². The van der Waals surface area contributed by atoms with Gasteiger partial charge in [0.1, 0.15) is 0 Å². The average molecular weight is 769 g/mol. The van der Waals surface area contributed by atoms with Crippen molar-refractivity contribution in [3.05, 3.63) is 248 Å². The molecule has 60 heavy (non-hydrogen) atoms. The van der Waals surface area contributed by atoms with Crippen molar-refractivity contribution >= 4 is 50.5 Å². The van der Waals surface area contributed by atoms with Gasteiger partial charge in [-0.3, -0.25) is 0 Å². The molecule has 0 spiro atoms. The summed E-state index contributed by atoms with van der Waals surface area (Å²) in [5.41, 5.74) is 16.4. The van der Waals surface area contributed by atoms with E-state index < -0.39 is 0 Å². The number of allylic oxidation sites excluding steroid dienone is 4. The molecule has 286 valence electrons. The lowest BCUT2D eigenvalue weighted by molar-refractivity contribution is 1.04. The molecule has 0 bridgehead atoms. The molecule has 0 atom stereocenters. The molecule has 2 heteroatoms. The van der Waals surface area contributed by atoms with Crippen LogP contribution in [-0.2, 0) is 0 Å². The molecular formula is C58H44N2. The van der Waals surface area contributed by atoms with Gasteiger partial charge in [0.2, 0.25) is 0 Å². The van der Waals surface area contributed by atoms with Gasteiger partial charge in [0.05, 0.1) is 5.69 Å². The normalized spacial score (nSPS) is 12.2. The SMILES string of the molecule is C1=CC(c2ccc(-c3ccc(N(c4ccc(-c5ccccc5)cc4)c4ccc(-c5ccc(N(c6ccccc6)c6cccc7ccccc67)cc5)cc4)cc3)cc2)=CCC1. The summed E-state index contributed by atoms with van der Waals surface area (Å²) in [6.45, 7) is 0. The number of hydrogen-bond acceptors (Lipinski definition) is 2. The second kappa shape index (κ2) is 16.7. The van der Waals surface area contributed by atoms with Crippen LogP contribution in [-0.4, -0.2) is 0 Å². The van der Waals surface area contributed by atoms with Gasteiger partial charge in [-0.2, -0.15) is 0 Å². The quantitative estimate of drug-likeness (QED) is 0.137. The maximum Gasteiger partial charge on any atom is 0.0540 e. The molecule has 0 saturated heterocycles. The number of anilines is 6. The topological polar surface area (TPSA) is 6.48 Å². The van der Waals surface area contributed by atoms with Gasteiger partial charge in [-0.1, -0.05) is 176 Å². The smallest absolute Gasteiger partial charge is 0.0540 e. The van der Waals surface area contributed by atoms with Crippen LogP contribution in [0.25, 0.3) is 49.7 Å². The molecule has 0 N–H and O–H groups in total. The predicted octanol–water partition coefficient (Wildman–Crippen LogP) is 16.5. The molecule has 0 aliphatic heterocycles. The Balaban J connectivity index is 0.959. The van der Waals surface area contributed by atoms with E-state index in [-0.39, 0.29) is 0 Å². The number of rotatable bonds is 10. The number of fused-ring (bicyclic) bond motifs is 1. The molecule has 10 rings (SSSR count). The number of benzene rings is 9. The Bertz CT molecular complexity index is 2910. The fraction of sp³-hybridized carbons (Fsp3) is 0.0345. The minimum Gasteiger partial charge on any atom is -0.311 e. The number of hydrogen-bond donors (Lipinski definition) is 0. The van der Waals surface area contributed by atoms with Crippen molar-refractivity contribution in [2.24, 2.45) is 0 Å². The highest BCUT2D eigenvalue weighted by atomic mass is 15.1.